The van der Waals surface area contributed by atoms with Crippen molar-refractivity contribution in [1.82, 2.24) is 19.4 Å². The maximum atomic E-state index is 10.5. The maximum Gasteiger partial charge on any atom is 0.204 e. The fraction of sp³-hybridized carbons (Fsp3) is 0.419. The van der Waals surface area contributed by atoms with Gasteiger partial charge in [-0.25, -0.2) is 4.98 Å². The van der Waals surface area contributed by atoms with Gasteiger partial charge in [-0.2, -0.15) is 0 Å². The van der Waals surface area contributed by atoms with Gasteiger partial charge in [0.1, 0.15) is 11.4 Å². The lowest BCUT2D eigenvalue weighted by atomic mass is 10.1. The van der Waals surface area contributed by atoms with Crippen LogP contribution in [0, 0.1) is 20.8 Å². The number of hydrogen-bond donors (Lipinski definition) is 3. The zero-order valence-corrected chi connectivity index (χ0v) is 23.5. The van der Waals surface area contributed by atoms with Gasteiger partial charge in [-0.3, -0.25) is 9.88 Å². The molecule has 3 N–H and O–H groups in total. The van der Waals surface area contributed by atoms with Crippen LogP contribution in [0.1, 0.15) is 41.4 Å². The molecule has 2 aromatic heterocycles. The highest BCUT2D eigenvalue weighted by atomic mass is 16.5. The van der Waals surface area contributed by atoms with Gasteiger partial charge in [-0.05, 0) is 87.2 Å². The van der Waals surface area contributed by atoms with E-state index in [1.807, 2.05) is 13.0 Å². The van der Waals surface area contributed by atoms with E-state index in [-0.39, 0.29) is 5.75 Å². The van der Waals surface area contributed by atoms with Crippen LogP contribution < -0.4 is 10.6 Å². The first-order chi connectivity index (χ1) is 18.8. The summed E-state index contributed by atoms with van der Waals surface area (Å²) in [7, 11) is 0. The number of fused-ring (bicyclic) bond motifs is 1. The standard InChI is InChI=1S/C31H40N6O2/c1-21-14-22(2)16-26(15-21)33-18-25-7-8-27-29(17-25)37(20-28-30(38)9-6-23(3)34-28)31(35-27)32-10-5-11-36-12-13-39-24(4)19-36/h6-9,14-17,24,33,38H,5,10-13,18-20H2,1-4H3,(H,32,35)/t24-/m0/s1. The molecule has 8 heteroatoms. The van der Waals surface area contributed by atoms with Crippen LogP contribution in [0.4, 0.5) is 11.6 Å². The minimum Gasteiger partial charge on any atom is -0.506 e. The summed E-state index contributed by atoms with van der Waals surface area (Å²) in [4.78, 5) is 12.0. The molecule has 1 saturated heterocycles. The van der Waals surface area contributed by atoms with Crippen LogP contribution in [0.15, 0.2) is 48.5 Å². The van der Waals surface area contributed by atoms with Crippen molar-refractivity contribution in [2.24, 2.45) is 0 Å². The Morgan fingerprint density at radius 1 is 1.00 bits per heavy atom. The Morgan fingerprint density at radius 2 is 1.82 bits per heavy atom. The number of hydrogen-bond acceptors (Lipinski definition) is 7. The van der Waals surface area contributed by atoms with Gasteiger partial charge in [0.15, 0.2) is 0 Å². The van der Waals surface area contributed by atoms with Crippen molar-refractivity contribution >= 4 is 22.7 Å². The summed E-state index contributed by atoms with van der Waals surface area (Å²) in [5.74, 6) is 0.991. The van der Waals surface area contributed by atoms with Crippen LogP contribution in [0.5, 0.6) is 5.75 Å². The van der Waals surface area contributed by atoms with Crippen LogP contribution in [0.25, 0.3) is 11.0 Å². The first-order valence-corrected chi connectivity index (χ1v) is 13.9. The van der Waals surface area contributed by atoms with Gasteiger partial charge >= 0.3 is 0 Å². The topological polar surface area (TPSA) is 87.5 Å². The minimum atomic E-state index is 0.197. The number of nitrogens with zero attached hydrogens (tertiary/aromatic N) is 4. The molecule has 2 aromatic carbocycles. The second kappa shape index (κ2) is 12.1. The average molecular weight is 529 g/mol. The van der Waals surface area contributed by atoms with Crippen molar-refractivity contribution in [1.29, 1.82) is 0 Å². The first kappa shape index (κ1) is 27.0. The molecule has 1 fully saturated rings. The summed E-state index contributed by atoms with van der Waals surface area (Å²) in [5.41, 5.74) is 8.22. The Hall–Kier alpha value is -3.62. The molecule has 0 aliphatic carbocycles. The van der Waals surface area contributed by atoms with Crippen LogP contribution in [0.2, 0.25) is 0 Å². The van der Waals surface area contributed by atoms with E-state index in [9.17, 15) is 5.11 Å². The van der Waals surface area contributed by atoms with E-state index < -0.39 is 0 Å². The van der Waals surface area contributed by atoms with Crippen LogP contribution in [-0.4, -0.2) is 63.4 Å². The number of pyridine rings is 1. The third-order valence-electron chi connectivity index (χ3n) is 7.19. The lowest BCUT2D eigenvalue weighted by Crippen LogP contribution is -2.41. The highest BCUT2D eigenvalue weighted by Crippen LogP contribution is 2.26. The fourth-order valence-electron chi connectivity index (χ4n) is 5.32. The first-order valence-electron chi connectivity index (χ1n) is 13.9. The fourth-order valence-corrected chi connectivity index (χ4v) is 5.32. The van der Waals surface area contributed by atoms with Gasteiger partial charge in [-0.15, -0.1) is 0 Å². The number of aryl methyl sites for hydroxylation is 3. The maximum absolute atomic E-state index is 10.5. The zero-order chi connectivity index (χ0) is 27.4. The van der Waals surface area contributed by atoms with Crippen molar-refractivity contribution in [3.63, 3.8) is 0 Å². The van der Waals surface area contributed by atoms with Gasteiger partial charge in [0.2, 0.25) is 5.95 Å². The van der Waals surface area contributed by atoms with E-state index in [1.165, 1.54) is 11.1 Å². The zero-order valence-electron chi connectivity index (χ0n) is 23.5. The molecule has 1 aliphatic heterocycles. The summed E-state index contributed by atoms with van der Waals surface area (Å²) < 4.78 is 7.80. The molecule has 5 rings (SSSR count). The number of benzene rings is 2. The smallest absolute Gasteiger partial charge is 0.204 e. The van der Waals surface area contributed by atoms with E-state index in [4.69, 9.17) is 9.72 Å². The predicted molar refractivity (Wildman–Crippen MR) is 158 cm³/mol. The molecule has 0 amide bonds. The molecule has 4 aromatic rings. The molecule has 0 unspecified atom stereocenters. The summed E-state index contributed by atoms with van der Waals surface area (Å²) in [6, 6.07) is 16.4. The van der Waals surface area contributed by atoms with E-state index in [0.717, 1.165) is 73.1 Å². The van der Waals surface area contributed by atoms with E-state index in [1.54, 1.807) is 6.07 Å². The summed E-state index contributed by atoms with van der Waals surface area (Å²) in [5, 5.41) is 17.7. The van der Waals surface area contributed by atoms with E-state index in [2.05, 4.69) is 82.3 Å². The summed E-state index contributed by atoms with van der Waals surface area (Å²) in [6.07, 6.45) is 1.30. The normalized spacial score (nSPS) is 16.1. The number of aromatic hydroxyl groups is 1. The Bertz CT molecular complexity index is 1410. The highest BCUT2D eigenvalue weighted by molar-refractivity contribution is 5.80. The highest BCUT2D eigenvalue weighted by Gasteiger charge is 2.17. The molecule has 0 saturated carbocycles. The molecule has 1 aliphatic rings. The number of anilines is 2. The van der Waals surface area contributed by atoms with Crippen LogP contribution >= 0.6 is 0 Å². The van der Waals surface area contributed by atoms with E-state index >= 15 is 0 Å². The van der Waals surface area contributed by atoms with Gasteiger partial charge in [0.25, 0.3) is 0 Å². The largest absolute Gasteiger partial charge is 0.506 e. The van der Waals surface area contributed by atoms with Crippen LogP contribution in [0.3, 0.4) is 0 Å². The number of morpholine rings is 1. The number of imidazole rings is 1. The molecule has 0 spiro atoms. The van der Waals surface area contributed by atoms with Gasteiger partial charge in [-0.1, -0.05) is 12.1 Å². The number of rotatable bonds is 10. The molecule has 8 nitrogen and oxygen atoms in total. The summed E-state index contributed by atoms with van der Waals surface area (Å²) >= 11 is 0. The number of nitrogens with one attached hydrogen (secondary N) is 2. The second-order valence-electron chi connectivity index (χ2n) is 10.8. The van der Waals surface area contributed by atoms with Crippen molar-refractivity contribution in [2.45, 2.75) is 53.3 Å². The second-order valence-corrected chi connectivity index (χ2v) is 10.8. The van der Waals surface area contributed by atoms with Crippen molar-refractivity contribution in [3.8, 4) is 5.75 Å². The molecule has 0 radical (unpaired) electrons. The molecule has 206 valence electrons. The van der Waals surface area contributed by atoms with Crippen molar-refractivity contribution in [3.05, 3.63) is 76.6 Å². The molecular formula is C31H40N6O2. The predicted octanol–water partition coefficient (Wildman–Crippen LogP) is 5.25. The summed E-state index contributed by atoms with van der Waals surface area (Å²) in [6.45, 7) is 14.1. The van der Waals surface area contributed by atoms with Gasteiger partial charge in [0.05, 0.1) is 30.3 Å². The Kier molecular flexibility index (Phi) is 8.33. The SMILES string of the molecule is Cc1cc(C)cc(NCc2ccc3nc(NCCCN4CCO[C@@H](C)C4)n(Cc4nc(C)ccc4O)c3c2)c1. The lowest BCUT2D eigenvalue weighted by Gasteiger charge is -2.31. The number of ether oxygens (including phenoxy) is 1. The monoisotopic (exact) mass is 528 g/mol. The van der Waals surface area contributed by atoms with Crippen molar-refractivity contribution in [2.75, 3.05) is 43.4 Å². The third kappa shape index (κ3) is 6.88. The third-order valence-corrected chi connectivity index (χ3v) is 7.19. The molecule has 39 heavy (non-hydrogen) atoms. The molecule has 3 heterocycles. The Morgan fingerprint density at radius 3 is 2.62 bits per heavy atom. The number of aromatic nitrogens is 3. The lowest BCUT2D eigenvalue weighted by molar-refractivity contribution is -0.0181. The van der Waals surface area contributed by atoms with E-state index in [0.29, 0.717) is 24.9 Å². The Balaban J connectivity index is 1.36. The van der Waals surface area contributed by atoms with Gasteiger partial charge in [0, 0.05) is 44.1 Å². The Labute approximate surface area is 231 Å². The average Bonchev–Trinajstić information content (AvgIpc) is 3.23. The molecule has 1 atom stereocenters. The quantitative estimate of drug-likeness (QED) is 0.243. The minimum absolute atomic E-state index is 0.197. The molecular weight excluding hydrogens is 488 g/mol. The van der Waals surface area contributed by atoms with Crippen molar-refractivity contribution < 1.29 is 9.84 Å². The molecule has 0 bridgehead atoms. The van der Waals surface area contributed by atoms with Gasteiger partial charge < -0.3 is 25.0 Å². The van der Waals surface area contributed by atoms with Crippen LogP contribution in [-0.2, 0) is 17.8 Å².